The number of hydrogen-bond acceptors (Lipinski definition) is 6. The summed E-state index contributed by atoms with van der Waals surface area (Å²) < 4.78 is 1.84. The first-order valence-corrected chi connectivity index (χ1v) is 10.3. The molecule has 2 aromatic heterocycles. The number of thioether (sulfide) groups is 1. The monoisotopic (exact) mass is 378 g/mol. The standard InChI is InChI=1S/C18H30N6OS/c1-6-9-26-18-22-16(21-13(4)5)14-11-20-24(17(14)23-18)8-7-19-15(25)10-12(2)3/h11-13H,6-10H2,1-5H3,(H,19,25)(H,21,22,23). The molecule has 26 heavy (non-hydrogen) atoms. The number of amides is 1. The van der Waals surface area contributed by atoms with Crippen LogP contribution in [-0.2, 0) is 11.3 Å². The van der Waals surface area contributed by atoms with Gasteiger partial charge in [-0.2, -0.15) is 5.10 Å². The molecule has 2 heterocycles. The Hall–Kier alpha value is -1.83. The third-order valence-corrected chi connectivity index (χ3v) is 4.63. The highest BCUT2D eigenvalue weighted by Crippen LogP contribution is 2.25. The first-order valence-electron chi connectivity index (χ1n) is 9.30. The van der Waals surface area contributed by atoms with Crippen LogP contribution in [-0.4, -0.2) is 44.0 Å². The van der Waals surface area contributed by atoms with Crippen molar-refractivity contribution in [2.75, 3.05) is 17.6 Å². The Morgan fingerprint density at radius 3 is 2.69 bits per heavy atom. The van der Waals surface area contributed by atoms with Crippen LogP contribution in [0.25, 0.3) is 11.0 Å². The average Bonchev–Trinajstić information content (AvgIpc) is 2.95. The van der Waals surface area contributed by atoms with E-state index in [-0.39, 0.29) is 11.9 Å². The van der Waals surface area contributed by atoms with Crippen molar-refractivity contribution >= 4 is 34.5 Å². The van der Waals surface area contributed by atoms with E-state index in [1.807, 2.05) is 18.5 Å². The van der Waals surface area contributed by atoms with Crippen LogP contribution in [0.4, 0.5) is 5.82 Å². The second kappa shape index (κ2) is 9.75. The van der Waals surface area contributed by atoms with Gasteiger partial charge < -0.3 is 10.6 Å². The van der Waals surface area contributed by atoms with Crippen molar-refractivity contribution in [2.45, 2.75) is 65.2 Å². The van der Waals surface area contributed by atoms with Crippen molar-refractivity contribution in [2.24, 2.45) is 5.92 Å². The van der Waals surface area contributed by atoms with Crippen LogP contribution in [0.3, 0.4) is 0 Å². The Bertz CT molecular complexity index is 728. The van der Waals surface area contributed by atoms with E-state index >= 15 is 0 Å². The highest BCUT2D eigenvalue weighted by Gasteiger charge is 2.14. The minimum absolute atomic E-state index is 0.0763. The molecule has 1 amide bonds. The first-order chi connectivity index (χ1) is 12.4. The summed E-state index contributed by atoms with van der Waals surface area (Å²) in [6.45, 7) is 11.5. The summed E-state index contributed by atoms with van der Waals surface area (Å²) in [5, 5.41) is 12.5. The lowest BCUT2D eigenvalue weighted by Gasteiger charge is -2.12. The van der Waals surface area contributed by atoms with Gasteiger partial charge in [-0.3, -0.25) is 4.79 Å². The van der Waals surface area contributed by atoms with Crippen LogP contribution in [0.2, 0.25) is 0 Å². The van der Waals surface area contributed by atoms with Gasteiger partial charge in [0, 0.05) is 24.8 Å². The SMILES string of the molecule is CCCSc1nc(NC(C)C)c2cnn(CCNC(=O)CC(C)C)c2n1. The summed E-state index contributed by atoms with van der Waals surface area (Å²) in [6, 6.07) is 0.274. The molecule has 0 aromatic carbocycles. The van der Waals surface area contributed by atoms with Crippen LogP contribution in [0, 0.1) is 5.92 Å². The fourth-order valence-electron chi connectivity index (χ4n) is 2.48. The van der Waals surface area contributed by atoms with E-state index in [9.17, 15) is 4.79 Å². The predicted molar refractivity (Wildman–Crippen MR) is 108 cm³/mol. The molecule has 2 aromatic rings. The van der Waals surface area contributed by atoms with E-state index in [4.69, 9.17) is 0 Å². The lowest BCUT2D eigenvalue weighted by Crippen LogP contribution is -2.28. The van der Waals surface area contributed by atoms with Crippen LogP contribution >= 0.6 is 11.8 Å². The molecule has 144 valence electrons. The minimum Gasteiger partial charge on any atom is -0.367 e. The summed E-state index contributed by atoms with van der Waals surface area (Å²) in [7, 11) is 0. The molecule has 0 saturated carbocycles. The summed E-state index contributed by atoms with van der Waals surface area (Å²) >= 11 is 1.65. The number of hydrogen-bond donors (Lipinski definition) is 2. The van der Waals surface area contributed by atoms with E-state index in [0.29, 0.717) is 25.4 Å². The van der Waals surface area contributed by atoms with Crippen LogP contribution in [0.15, 0.2) is 11.4 Å². The molecule has 7 nitrogen and oxygen atoms in total. The lowest BCUT2D eigenvalue weighted by molar-refractivity contribution is -0.121. The third-order valence-electron chi connectivity index (χ3n) is 3.58. The average molecular weight is 379 g/mol. The second-order valence-corrected chi connectivity index (χ2v) is 8.12. The number of rotatable bonds is 10. The largest absolute Gasteiger partial charge is 0.367 e. The molecule has 0 bridgehead atoms. The van der Waals surface area contributed by atoms with Crippen molar-refractivity contribution in [3.8, 4) is 0 Å². The molecule has 0 aliphatic rings. The molecule has 0 fully saturated rings. The molecule has 0 radical (unpaired) electrons. The van der Waals surface area contributed by atoms with Gasteiger partial charge in [0.2, 0.25) is 5.91 Å². The van der Waals surface area contributed by atoms with Crippen LogP contribution < -0.4 is 10.6 Å². The quantitative estimate of drug-likeness (QED) is 0.487. The van der Waals surface area contributed by atoms with Gasteiger partial charge in [0.05, 0.1) is 18.1 Å². The van der Waals surface area contributed by atoms with Gasteiger partial charge in [0.15, 0.2) is 10.8 Å². The third kappa shape index (κ3) is 5.86. The molecule has 0 unspecified atom stereocenters. The Morgan fingerprint density at radius 1 is 1.27 bits per heavy atom. The molecule has 2 rings (SSSR count). The smallest absolute Gasteiger partial charge is 0.220 e. The molecule has 2 N–H and O–H groups in total. The van der Waals surface area contributed by atoms with Gasteiger partial charge >= 0.3 is 0 Å². The highest BCUT2D eigenvalue weighted by atomic mass is 32.2. The van der Waals surface area contributed by atoms with Crippen molar-refractivity contribution < 1.29 is 4.79 Å². The molecule has 0 atom stereocenters. The van der Waals surface area contributed by atoms with Crippen LogP contribution in [0.5, 0.6) is 0 Å². The van der Waals surface area contributed by atoms with E-state index in [0.717, 1.165) is 34.2 Å². The zero-order chi connectivity index (χ0) is 19.1. The number of fused-ring (bicyclic) bond motifs is 1. The van der Waals surface area contributed by atoms with Gasteiger partial charge in [0.1, 0.15) is 5.82 Å². The first kappa shape index (κ1) is 20.5. The van der Waals surface area contributed by atoms with Crippen molar-refractivity contribution in [1.29, 1.82) is 0 Å². The Balaban J connectivity index is 2.17. The normalized spacial score (nSPS) is 11.5. The zero-order valence-electron chi connectivity index (χ0n) is 16.4. The molecule has 0 saturated heterocycles. The number of carbonyl (C=O) groups excluding carboxylic acids is 1. The summed E-state index contributed by atoms with van der Waals surface area (Å²) in [5.41, 5.74) is 0.805. The minimum atomic E-state index is 0.0763. The topological polar surface area (TPSA) is 84.7 Å². The van der Waals surface area contributed by atoms with Gasteiger partial charge in [-0.1, -0.05) is 32.5 Å². The van der Waals surface area contributed by atoms with E-state index in [1.165, 1.54) is 0 Å². The second-order valence-electron chi connectivity index (χ2n) is 7.06. The summed E-state index contributed by atoms with van der Waals surface area (Å²) in [5.74, 6) is 2.23. The number of nitrogens with one attached hydrogen (secondary N) is 2. The number of nitrogens with zero attached hydrogens (tertiary/aromatic N) is 4. The molecular weight excluding hydrogens is 348 g/mol. The molecule has 8 heteroatoms. The lowest BCUT2D eigenvalue weighted by atomic mass is 10.1. The zero-order valence-corrected chi connectivity index (χ0v) is 17.2. The van der Waals surface area contributed by atoms with Gasteiger partial charge in [-0.25, -0.2) is 14.6 Å². The van der Waals surface area contributed by atoms with Crippen molar-refractivity contribution in [3.63, 3.8) is 0 Å². The number of carbonyl (C=O) groups is 1. The summed E-state index contributed by atoms with van der Waals surface area (Å²) in [6.07, 6.45) is 3.41. The molecular formula is C18H30N6OS. The van der Waals surface area contributed by atoms with Gasteiger partial charge in [-0.05, 0) is 26.2 Å². The predicted octanol–water partition coefficient (Wildman–Crippen LogP) is 3.31. The highest BCUT2D eigenvalue weighted by molar-refractivity contribution is 7.99. The maximum absolute atomic E-state index is 11.8. The number of aromatic nitrogens is 4. The fourth-order valence-corrected chi connectivity index (χ4v) is 3.18. The van der Waals surface area contributed by atoms with Crippen molar-refractivity contribution in [1.82, 2.24) is 25.1 Å². The van der Waals surface area contributed by atoms with E-state index in [2.05, 4.69) is 46.5 Å². The Labute approximate surface area is 159 Å². The number of anilines is 1. The summed E-state index contributed by atoms with van der Waals surface area (Å²) in [4.78, 5) is 21.2. The van der Waals surface area contributed by atoms with Gasteiger partial charge in [-0.15, -0.1) is 0 Å². The maximum atomic E-state index is 11.8. The molecule has 0 spiro atoms. The molecule has 0 aliphatic carbocycles. The molecule has 0 aliphatic heterocycles. The van der Waals surface area contributed by atoms with E-state index in [1.54, 1.807) is 18.0 Å². The maximum Gasteiger partial charge on any atom is 0.220 e. The Kier molecular flexibility index (Phi) is 7.68. The van der Waals surface area contributed by atoms with Crippen molar-refractivity contribution in [3.05, 3.63) is 6.20 Å². The fraction of sp³-hybridized carbons (Fsp3) is 0.667. The Morgan fingerprint density at radius 2 is 2.04 bits per heavy atom. The van der Waals surface area contributed by atoms with Crippen LogP contribution in [0.1, 0.15) is 47.5 Å². The van der Waals surface area contributed by atoms with Gasteiger partial charge in [0.25, 0.3) is 0 Å². The van der Waals surface area contributed by atoms with E-state index < -0.39 is 0 Å².